The van der Waals surface area contributed by atoms with Crippen LogP contribution in [0.3, 0.4) is 0 Å². The lowest BCUT2D eigenvalue weighted by molar-refractivity contribution is -0.000298. The maximum absolute atomic E-state index is 5.32. The lowest BCUT2D eigenvalue weighted by atomic mass is 10.5. The van der Waals surface area contributed by atoms with Gasteiger partial charge in [0.25, 0.3) is 0 Å². The van der Waals surface area contributed by atoms with Crippen molar-refractivity contribution in [1.29, 1.82) is 0 Å². The molecule has 0 fully saturated rings. The normalized spacial score (nSPS) is 10.9. The molecule has 0 aromatic heterocycles. The Morgan fingerprint density at radius 2 is 1.12 bits per heavy atom. The SMILES string of the molecule is CCOCCOCCOCCOCCCBr. The second-order valence-electron chi connectivity index (χ2n) is 3.08. The Bertz CT molecular complexity index is 111. The zero-order valence-electron chi connectivity index (χ0n) is 10.1. The van der Waals surface area contributed by atoms with Gasteiger partial charge in [0.2, 0.25) is 0 Å². The molecule has 0 aromatic carbocycles. The van der Waals surface area contributed by atoms with Crippen LogP contribution >= 0.6 is 15.9 Å². The molecule has 0 saturated heterocycles. The Hall–Kier alpha value is 0.320. The van der Waals surface area contributed by atoms with Crippen molar-refractivity contribution < 1.29 is 18.9 Å². The van der Waals surface area contributed by atoms with Crippen LogP contribution in [0.2, 0.25) is 0 Å². The average Bonchev–Trinajstić information content (AvgIpc) is 2.31. The monoisotopic (exact) mass is 298 g/mol. The molecule has 0 amide bonds. The van der Waals surface area contributed by atoms with Crippen molar-refractivity contribution in [2.45, 2.75) is 13.3 Å². The summed E-state index contributed by atoms with van der Waals surface area (Å²) in [6.07, 6.45) is 1.04. The maximum atomic E-state index is 5.32. The van der Waals surface area contributed by atoms with Gasteiger partial charge in [-0.15, -0.1) is 0 Å². The highest BCUT2D eigenvalue weighted by molar-refractivity contribution is 9.09. The summed E-state index contributed by atoms with van der Waals surface area (Å²) >= 11 is 3.34. The smallest absolute Gasteiger partial charge is 0.0701 e. The summed E-state index contributed by atoms with van der Waals surface area (Å²) in [5.74, 6) is 0. The Morgan fingerprint density at radius 1 is 0.688 bits per heavy atom. The topological polar surface area (TPSA) is 36.9 Å². The molecule has 0 aliphatic heterocycles. The highest BCUT2D eigenvalue weighted by Gasteiger charge is 1.91. The summed E-state index contributed by atoms with van der Waals surface area (Å²) < 4.78 is 21.0. The summed E-state index contributed by atoms with van der Waals surface area (Å²) in [5, 5.41) is 0.988. The Labute approximate surface area is 107 Å². The third-order valence-electron chi connectivity index (χ3n) is 1.74. The minimum Gasteiger partial charge on any atom is -0.379 e. The van der Waals surface area contributed by atoms with Gasteiger partial charge in [-0.2, -0.15) is 0 Å². The van der Waals surface area contributed by atoms with E-state index in [-0.39, 0.29) is 0 Å². The Morgan fingerprint density at radius 3 is 1.56 bits per heavy atom. The highest BCUT2D eigenvalue weighted by atomic mass is 79.9. The summed E-state index contributed by atoms with van der Waals surface area (Å²) in [6.45, 7) is 7.33. The van der Waals surface area contributed by atoms with E-state index in [1.54, 1.807) is 0 Å². The molecule has 0 bridgehead atoms. The van der Waals surface area contributed by atoms with E-state index in [9.17, 15) is 0 Å². The number of ether oxygens (including phenoxy) is 4. The first-order chi connectivity index (χ1) is 7.91. The number of alkyl halides is 1. The van der Waals surface area contributed by atoms with E-state index < -0.39 is 0 Å². The molecular weight excluding hydrogens is 276 g/mol. The van der Waals surface area contributed by atoms with Gasteiger partial charge in [-0.3, -0.25) is 0 Å². The van der Waals surface area contributed by atoms with Crippen LogP contribution < -0.4 is 0 Å². The molecule has 5 heteroatoms. The van der Waals surface area contributed by atoms with Crippen molar-refractivity contribution in [1.82, 2.24) is 0 Å². The predicted molar refractivity (Wildman–Crippen MR) is 67.4 cm³/mol. The van der Waals surface area contributed by atoms with Crippen LogP contribution in [0, 0.1) is 0 Å². The molecule has 98 valence electrons. The van der Waals surface area contributed by atoms with Crippen LogP contribution in [0.5, 0.6) is 0 Å². The second kappa shape index (κ2) is 15.3. The number of halogens is 1. The first-order valence-corrected chi connectivity index (χ1v) is 6.91. The molecule has 0 radical (unpaired) electrons. The standard InChI is InChI=1S/C11H23BrO4/c1-2-13-6-7-15-10-11-16-9-8-14-5-3-4-12/h2-11H2,1H3. The molecule has 0 aromatic rings. The zero-order valence-corrected chi connectivity index (χ0v) is 11.7. The average molecular weight is 299 g/mol. The van der Waals surface area contributed by atoms with E-state index in [4.69, 9.17) is 18.9 Å². The van der Waals surface area contributed by atoms with Crippen LogP contribution in [-0.2, 0) is 18.9 Å². The van der Waals surface area contributed by atoms with Crippen LogP contribution in [0.4, 0.5) is 0 Å². The van der Waals surface area contributed by atoms with E-state index in [0.717, 1.165) is 25.0 Å². The van der Waals surface area contributed by atoms with E-state index in [1.807, 2.05) is 6.92 Å². The van der Waals surface area contributed by atoms with Crippen LogP contribution in [0.25, 0.3) is 0 Å². The van der Waals surface area contributed by atoms with Crippen LogP contribution in [0.1, 0.15) is 13.3 Å². The number of hydrogen-bond donors (Lipinski definition) is 0. The fourth-order valence-corrected chi connectivity index (χ4v) is 1.19. The van der Waals surface area contributed by atoms with Gasteiger partial charge in [0.1, 0.15) is 0 Å². The third-order valence-corrected chi connectivity index (χ3v) is 2.30. The molecule has 0 N–H and O–H groups in total. The van der Waals surface area contributed by atoms with E-state index >= 15 is 0 Å². The zero-order chi connectivity index (χ0) is 11.9. The molecule has 0 saturated carbocycles. The van der Waals surface area contributed by atoms with Gasteiger partial charge in [0.15, 0.2) is 0 Å². The molecule has 4 nitrogen and oxygen atoms in total. The molecule has 0 rings (SSSR count). The summed E-state index contributed by atoms with van der Waals surface area (Å²) in [6, 6.07) is 0. The lowest BCUT2D eigenvalue weighted by Crippen LogP contribution is -2.12. The second-order valence-corrected chi connectivity index (χ2v) is 3.87. The number of hydrogen-bond acceptors (Lipinski definition) is 4. The summed E-state index contributed by atoms with van der Waals surface area (Å²) in [4.78, 5) is 0. The summed E-state index contributed by atoms with van der Waals surface area (Å²) in [7, 11) is 0. The van der Waals surface area contributed by atoms with Crippen LogP contribution in [-0.4, -0.2) is 58.2 Å². The highest BCUT2D eigenvalue weighted by Crippen LogP contribution is 1.88. The van der Waals surface area contributed by atoms with Gasteiger partial charge < -0.3 is 18.9 Å². The first kappa shape index (κ1) is 16.3. The van der Waals surface area contributed by atoms with Gasteiger partial charge >= 0.3 is 0 Å². The van der Waals surface area contributed by atoms with E-state index in [0.29, 0.717) is 39.6 Å². The van der Waals surface area contributed by atoms with Gasteiger partial charge in [-0.05, 0) is 13.3 Å². The van der Waals surface area contributed by atoms with Crippen molar-refractivity contribution in [3.05, 3.63) is 0 Å². The minimum absolute atomic E-state index is 0.619. The van der Waals surface area contributed by atoms with Gasteiger partial charge in [0.05, 0.1) is 39.6 Å². The van der Waals surface area contributed by atoms with Crippen molar-refractivity contribution in [3.63, 3.8) is 0 Å². The quantitative estimate of drug-likeness (QED) is 0.384. The van der Waals surface area contributed by atoms with Gasteiger partial charge in [-0.1, -0.05) is 15.9 Å². The predicted octanol–water partition coefficient (Wildman–Crippen LogP) is 1.86. The molecule has 0 spiro atoms. The summed E-state index contributed by atoms with van der Waals surface area (Å²) in [5.41, 5.74) is 0. The van der Waals surface area contributed by atoms with Gasteiger partial charge in [0, 0.05) is 18.5 Å². The lowest BCUT2D eigenvalue weighted by Gasteiger charge is -2.06. The third kappa shape index (κ3) is 14.3. The van der Waals surface area contributed by atoms with Crippen LogP contribution in [0.15, 0.2) is 0 Å². The fraction of sp³-hybridized carbons (Fsp3) is 1.00. The van der Waals surface area contributed by atoms with Gasteiger partial charge in [-0.25, -0.2) is 0 Å². The van der Waals surface area contributed by atoms with Crippen molar-refractivity contribution in [2.24, 2.45) is 0 Å². The molecule has 0 aliphatic rings. The molecule has 0 unspecified atom stereocenters. The molecule has 0 aliphatic carbocycles. The molecule has 0 heterocycles. The first-order valence-electron chi connectivity index (χ1n) is 5.78. The Kier molecular flexibility index (Phi) is 15.6. The van der Waals surface area contributed by atoms with E-state index in [2.05, 4.69) is 15.9 Å². The maximum Gasteiger partial charge on any atom is 0.0701 e. The molecular formula is C11H23BrO4. The molecule has 0 atom stereocenters. The van der Waals surface area contributed by atoms with Crippen molar-refractivity contribution in [2.75, 3.05) is 58.2 Å². The fourth-order valence-electron chi connectivity index (χ4n) is 0.961. The van der Waals surface area contributed by atoms with Crippen molar-refractivity contribution in [3.8, 4) is 0 Å². The van der Waals surface area contributed by atoms with E-state index in [1.165, 1.54) is 0 Å². The Balaban J connectivity index is 2.83. The number of rotatable bonds is 13. The minimum atomic E-state index is 0.619. The van der Waals surface area contributed by atoms with Crippen molar-refractivity contribution >= 4 is 15.9 Å². The molecule has 16 heavy (non-hydrogen) atoms. The largest absolute Gasteiger partial charge is 0.379 e.